The highest BCUT2D eigenvalue weighted by atomic mass is 15.2. The van der Waals surface area contributed by atoms with Gasteiger partial charge in [-0.25, -0.2) is 0 Å². The van der Waals surface area contributed by atoms with Gasteiger partial charge in [-0.3, -0.25) is 4.90 Å². The van der Waals surface area contributed by atoms with Crippen molar-refractivity contribution in [1.82, 2.24) is 4.90 Å². The van der Waals surface area contributed by atoms with E-state index in [2.05, 4.69) is 56.0 Å². The number of hydrogen-bond acceptors (Lipinski definition) is 1. The zero-order chi connectivity index (χ0) is 12.3. The summed E-state index contributed by atoms with van der Waals surface area (Å²) in [6, 6.07) is 11.5. The fraction of sp³-hybridized carbons (Fsp3) is 0.625. The summed E-state index contributed by atoms with van der Waals surface area (Å²) in [5.74, 6) is 1.70. The van der Waals surface area contributed by atoms with Gasteiger partial charge in [0.25, 0.3) is 0 Å². The molecule has 0 N–H and O–H groups in total. The minimum Gasteiger partial charge on any atom is -0.296 e. The van der Waals surface area contributed by atoms with Gasteiger partial charge in [-0.05, 0) is 43.7 Å². The van der Waals surface area contributed by atoms with Gasteiger partial charge in [0.05, 0.1) is 0 Å². The van der Waals surface area contributed by atoms with Crippen LogP contribution in [-0.4, -0.2) is 18.0 Å². The quantitative estimate of drug-likeness (QED) is 0.756. The Morgan fingerprint density at radius 1 is 1.12 bits per heavy atom. The van der Waals surface area contributed by atoms with Gasteiger partial charge in [0.2, 0.25) is 0 Å². The van der Waals surface area contributed by atoms with Gasteiger partial charge in [0, 0.05) is 12.6 Å². The lowest BCUT2D eigenvalue weighted by atomic mass is 9.87. The molecule has 1 saturated heterocycles. The second kappa shape index (κ2) is 5.68. The second-order valence-electron chi connectivity index (χ2n) is 5.73. The lowest BCUT2D eigenvalue weighted by Crippen LogP contribution is -2.38. The highest BCUT2D eigenvalue weighted by Gasteiger charge is 2.25. The fourth-order valence-corrected chi connectivity index (χ4v) is 2.88. The summed E-state index contributed by atoms with van der Waals surface area (Å²) in [5.41, 5.74) is 1.46. The Morgan fingerprint density at radius 3 is 2.47 bits per heavy atom. The number of hydrogen-bond donors (Lipinski definition) is 0. The van der Waals surface area contributed by atoms with E-state index in [1.807, 2.05) is 0 Å². The van der Waals surface area contributed by atoms with Gasteiger partial charge in [-0.2, -0.15) is 0 Å². The van der Waals surface area contributed by atoms with Gasteiger partial charge in [0.15, 0.2) is 0 Å². The first kappa shape index (κ1) is 12.6. The van der Waals surface area contributed by atoms with E-state index in [0.717, 1.165) is 11.8 Å². The third-order valence-corrected chi connectivity index (χ3v) is 4.26. The number of piperidine rings is 1. The van der Waals surface area contributed by atoms with Crippen LogP contribution in [0.1, 0.15) is 45.2 Å². The molecule has 1 aromatic carbocycles. The topological polar surface area (TPSA) is 3.24 Å². The maximum atomic E-state index is 2.66. The average Bonchev–Trinajstić information content (AvgIpc) is 2.39. The Hall–Kier alpha value is -0.820. The van der Waals surface area contributed by atoms with Crippen molar-refractivity contribution >= 4 is 0 Å². The molecule has 0 aromatic heterocycles. The van der Waals surface area contributed by atoms with Crippen molar-refractivity contribution in [3.63, 3.8) is 0 Å². The smallest absolute Gasteiger partial charge is 0.0319 e. The average molecular weight is 231 g/mol. The van der Waals surface area contributed by atoms with Crippen LogP contribution in [0.4, 0.5) is 0 Å². The molecular formula is C16H25N. The summed E-state index contributed by atoms with van der Waals surface area (Å²) in [6.45, 7) is 9.60. The molecule has 1 aromatic rings. The van der Waals surface area contributed by atoms with E-state index in [1.54, 1.807) is 0 Å². The molecule has 1 heteroatoms. The first-order valence-corrected chi connectivity index (χ1v) is 6.97. The van der Waals surface area contributed by atoms with Crippen LogP contribution in [0.2, 0.25) is 0 Å². The molecule has 2 rings (SSSR count). The zero-order valence-electron chi connectivity index (χ0n) is 11.4. The van der Waals surface area contributed by atoms with E-state index < -0.39 is 0 Å². The molecule has 17 heavy (non-hydrogen) atoms. The predicted molar refractivity (Wildman–Crippen MR) is 74.0 cm³/mol. The molecule has 0 aliphatic carbocycles. The molecule has 94 valence electrons. The van der Waals surface area contributed by atoms with E-state index in [-0.39, 0.29) is 0 Å². The SMILES string of the molecule is CC(C)[C@@H]1CCCN([C@H](C)c2ccccc2)C1. The molecule has 1 aliphatic heterocycles. The van der Waals surface area contributed by atoms with Crippen molar-refractivity contribution in [1.29, 1.82) is 0 Å². The molecule has 0 saturated carbocycles. The Balaban J connectivity index is 2.02. The first-order valence-electron chi connectivity index (χ1n) is 6.97. The van der Waals surface area contributed by atoms with Crippen LogP contribution in [0.25, 0.3) is 0 Å². The minimum absolute atomic E-state index is 0.567. The molecule has 2 atom stereocenters. The summed E-state index contributed by atoms with van der Waals surface area (Å²) >= 11 is 0. The molecule has 1 aliphatic rings. The standard InChI is InChI=1S/C16H25N/c1-13(2)16-10-7-11-17(12-16)14(3)15-8-5-4-6-9-15/h4-6,8-9,13-14,16H,7,10-12H2,1-3H3/t14-,16-/m1/s1. The third-order valence-electron chi connectivity index (χ3n) is 4.26. The largest absolute Gasteiger partial charge is 0.296 e. The second-order valence-corrected chi connectivity index (χ2v) is 5.73. The monoisotopic (exact) mass is 231 g/mol. The van der Waals surface area contributed by atoms with Crippen molar-refractivity contribution in [2.75, 3.05) is 13.1 Å². The number of benzene rings is 1. The molecule has 0 amide bonds. The highest BCUT2D eigenvalue weighted by Crippen LogP contribution is 2.29. The highest BCUT2D eigenvalue weighted by molar-refractivity contribution is 5.18. The lowest BCUT2D eigenvalue weighted by Gasteiger charge is -2.38. The Morgan fingerprint density at radius 2 is 1.82 bits per heavy atom. The maximum Gasteiger partial charge on any atom is 0.0319 e. The first-order chi connectivity index (χ1) is 8.18. The molecule has 0 unspecified atom stereocenters. The van der Waals surface area contributed by atoms with E-state index in [0.29, 0.717) is 6.04 Å². The number of nitrogens with zero attached hydrogens (tertiary/aromatic N) is 1. The van der Waals surface area contributed by atoms with Crippen LogP contribution in [0.5, 0.6) is 0 Å². The lowest BCUT2D eigenvalue weighted by molar-refractivity contribution is 0.109. The van der Waals surface area contributed by atoms with Gasteiger partial charge >= 0.3 is 0 Å². The van der Waals surface area contributed by atoms with Gasteiger partial charge in [-0.15, -0.1) is 0 Å². The molecule has 0 radical (unpaired) electrons. The van der Waals surface area contributed by atoms with Gasteiger partial charge in [-0.1, -0.05) is 44.2 Å². The summed E-state index contributed by atoms with van der Waals surface area (Å²) in [4.78, 5) is 2.66. The fourth-order valence-electron chi connectivity index (χ4n) is 2.88. The molecule has 1 fully saturated rings. The normalized spacial score (nSPS) is 23.9. The van der Waals surface area contributed by atoms with Gasteiger partial charge in [0.1, 0.15) is 0 Å². The van der Waals surface area contributed by atoms with Gasteiger partial charge < -0.3 is 0 Å². The van der Waals surface area contributed by atoms with Crippen LogP contribution >= 0.6 is 0 Å². The van der Waals surface area contributed by atoms with E-state index in [4.69, 9.17) is 0 Å². The van der Waals surface area contributed by atoms with Crippen LogP contribution in [0, 0.1) is 11.8 Å². The van der Waals surface area contributed by atoms with E-state index in [1.165, 1.54) is 31.5 Å². The van der Waals surface area contributed by atoms with Crippen LogP contribution < -0.4 is 0 Å². The summed E-state index contributed by atoms with van der Waals surface area (Å²) < 4.78 is 0. The van der Waals surface area contributed by atoms with Crippen molar-refractivity contribution in [2.45, 2.75) is 39.7 Å². The van der Waals surface area contributed by atoms with E-state index in [9.17, 15) is 0 Å². The summed E-state index contributed by atoms with van der Waals surface area (Å²) in [5, 5.41) is 0. The zero-order valence-corrected chi connectivity index (χ0v) is 11.4. The number of rotatable bonds is 3. The summed E-state index contributed by atoms with van der Waals surface area (Å²) in [6.07, 6.45) is 2.77. The van der Waals surface area contributed by atoms with Crippen molar-refractivity contribution in [3.05, 3.63) is 35.9 Å². The van der Waals surface area contributed by atoms with Crippen LogP contribution in [0.3, 0.4) is 0 Å². The minimum atomic E-state index is 0.567. The number of likely N-dealkylation sites (tertiary alicyclic amines) is 1. The maximum absolute atomic E-state index is 2.66. The molecule has 1 heterocycles. The van der Waals surface area contributed by atoms with Crippen molar-refractivity contribution in [3.8, 4) is 0 Å². The Bertz CT molecular complexity index is 331. The van der Waals surface area contributed by atoms with Crippen LogP contribution in [-0.2, 0) is 0 Å². The van der Waals surface area contributed by atoms with Crippen molar-refractivity contribution < 1.29 is 0 Å². The van der Waals surface area contributed by atoms with E-state index >= 15 is 0 Å². The van der Waals surface area contributed by atoms with Crippen molar-refractivity contribution in [2.24, 2.45) is 11.8 Å². The molecular weight excluding hydrogens is 206 g/mol. The summed E-state index contributed by atoms with van der Waals surface area (Å²) in [7, 11) is 0. The molecule has 1 nitrogen and oxygen atoms in total. The Labute approximate surface area is 106 Å². The predicted octanol–water partition coefficient (Wildman–Crippen LogP) is 4.12. The Kier molecular flexibility index (Phi) is 4.22. The van der Waals surface area contributed by atoms with Crippen LogP contribution in [0.15, 0.2) is 30.3 Å². The molecule has 0 spiro atoms. The third kappa shape index (κ3) is 3.10. The molecule has 0 bridgehead atoms.